The second-order valence-corrected chi connectivity index (χ2v) is 4.82. The first-order chi connectivity index (χ1) is 8.16. The molecule has 1 aliphatic heterocycles. The standard InChI is InChI=1S/C10H9N3O2S2/c14-8-6-17-10(16)13(8)12-9(15)11-7-4-2-1-3-5-7/h1-5H,6H2,(H2,11,12,15). The van der Waals surface area contributed by atoms with E-state index < -0.39 is 6.03 Å². The molecule has 1 aliphatic rings. The number of para-hydroxylation sites is 1. The third-order valence-electron chi connectivity index (χ3n) is 2.00. The summed E-state index contributed by atoms with van der Waals surface area (Å²) in [4.78, 5) is 22.9. The monoisotopic (exact) mass is 267 g/mol. The summed E-state index contributed by atoms with van der Waals surface area (Å²) in [6.07, 6.45) is 0. The topological polar surface area (TPSA) is 61.4 Å². The average Bonchev–Trinajstić information content (AvgIpc) is 2.62. The van der Waals surface area contributed by atoms with Gasteiger partial charge in [-0.3, -0.25) is 4.79 Å². The number of amides is 3. The van der Waals surface area contributed by atoms with Crippen molar-refractivity contribution in [1.82, 2.24) is 10.4 Å². The van der Waals surface area contributed by atoms with Gasteiger partial charge in [-0.15, -0.1) is 0 Å². The number of carbonyl (C=O) groups is 2. The molecule has 2 N–H and O–H groups in total. The Kier molecular flexibility index (Phi) is 3.60. The minimum Gasteiger partial charge on any atom is -0.307 e. The molecule has 17 heavy (non-hydrogen) atoms. The van der Waals surface area contributed by atoms with Gasteiger partial charge in [0.1, 0.15) is 0 Å². The second kappa shape index (κ2) is 5.15. The summed E-state index contributed by atoms with van der Waals surface area (Å²) in [6, 6.07) is 8.46. The van der Waals surface area contributed by atoms with E-state index in [1.165, 1.54) is 11.8 Å². The van der Waals surface area contributed by atoms with E-state index in [9.17, 15) is 9.59 Å². The van der Waals surface area contributed by atoms with Crippen LogP contribution in [-0.4, -0.2) is 27.0 Å². The lowest BCUT2D eigenvalue weighted by atomic mass is 10.3. The lowest BCUT2D eigenvalue weighted by molar-refractivity contribution is -0.125. The zero-order chi connectivity index (χ0) is 12.3. The molecule has 0 radical (unpaired) electrons. The van der Waals surface area contributed by atoms with E-state index in [-0.39, 0.29) is 11.7 Å². The fourth-order valence-electron chi connectivity index (χ4n) is 1.24. The molecule has 2 rings (SSSR count). The van der Waals surface area contributed by atoms with Crippen LogP contribution in [0.2, 0.25) is 0 Å². The highest BCUT2D eigenvalue weighted by Crippen LogP contribution is 2.17. The van der Waals surface area contributed by atoms with E-state index in [0.717, 1.165) is 5.01 Å². The van der Waals surface area contributed by atoms with Crippen molar-refractivity contribution in [3.63, 3.8) is 0 Å². The number of anilines is 1. The number of hydrogen-bond acceptors (Lipinski definition) is 4. The Morgan fingerprint density at radius 2 is 2.06 bits per heavy atom. The quantitative estimate of drug-likeness (QED) is 0.799. The summed E-state index contributed by atoms with van der Waals surface area (Å²) >= 11 is 6.15. The van der Waals surface area contributed by atoms with Crippen molar-refractivity contribution in [3.05, 3.63) is 30.3 Å². The zero-order valence-electron chi connectivity index (χ0n) is 8.67. The fraction of sp³-hybridized carbons (Fsp3) is 0.100. The van der Waals surface area contributed by atoms with E-state index >= 15 is 0 Å². The molecule has 5 nitrogen and oxygen atoms in total. The first-order valence-corrected chi connectivity index (χ1v) is 6.18. The first kappa shape index (κ1) is 11.9. The van der Waals surface area contributed by atoms with Crippen molar-refractivity contribution >= 4 is 45.9 Å². The van der Waals surface area contributed by atoms with Crippen LogP contribution in [0, 0.1) is 0 Å². The van der Waals surface area contributed by atoms with Gasteiger partial charge in [-0.1, -0.05) is 42.2 Å². The van der Waals surface area contributed by atoms with E-state index in [4.69, 9.17) is 12.2 Å². The Morgan fingerprint density at radius 3 is 2.65 bits per heavy atom. The molecular formula is C10H9N3O2S2. The van der Waals surface area contributed by atoms with E-state index in [1.807, 2.05) is 6.07 Å². The van der Waals surface area contributed by atoms with Crippen LogP contribution in [0.5, 0.6) is 0 Å². The molecule has 3 amide bonds. The first-order valence-electron chi connectivity index (χ1n) is 4.79. The number of hydrogen-bond donors (Lipinski definition) is 2. The van der Waals surface area contributed by atoms with Crippen LogP contribution < -0.4 is 10.7 Å². The lowest BCUT2D eigenvalue weighted by Crippen LogP contribution is -2.46. The van der Waals surface area contributed by atoms with Crippen LogP contribution in [-0.2, 0) is 4.79 Å². The molecule has 0 aliphatic carbocycles. The van der Waals surface area contributed by atoms with Gasteiger partial charge in [-0.25, -0.2) is 15.2 Å². The van der Waals surface area contributed by atoms with Crippen LogP contribution in [0.25, 0.3) is 0 Å². The summed E-state index contributed by atoms with van der Waals surface area (Å²) in [5.74, 6) is 0.0491. The van der Waals surface area contributed by atoms with Gasteiger partial charge in [-0.05, 0) is 12.1 Å². The van der Waals surface area contributed by atoms with E-state index in [2.05, 4.69) is 10.7 Å². The van der Waals surface area contributed by atoms with Gasteiger partial charge in [-0.2, -0.15) is 0 Å². The maximum atomic E-state index is 11.6. The molecule has 88 valence electrons. The minimum absolute atomic E-state index is 0.219. The number of nitrogens with one attached hydrogen (secondary N) is 2. The highest BCUT2D eigenvalue weighted by molar-refractivity contribution is 8.23. The predicted molar refractivity (Wildman–Crippen MR) is 70.5 cm³/mol. The maximum Gasteiger partial charge on any atom is 0.338 e. The Hall–Kier alpha value is -1.60. The summed E-state index contributed by atoms with van der Waals surface area (Å²) in [6.45, 7) is 0. The third-order valence-corrected chi connectivity index (χ3v) is 3.35. The number of benzene rings is 1. The molecule has 0 saturated carbocycles. The Bertz CT molecular complexity index is 448. The molecule has 1 saturated heterocycles. The van der Waals surface area contributed by atoms with Crippen molar-refractivity contribution in [1.29, 1.82) is 0 Å². The van der Waals surface area contributed by atoms with Gasteiger partial charge < -0.3 is 5.32 Å². The molecule has 1 heterocycles. The molecule has 0 bridgehead atoms. The Balaban J connectivity index is 1.94. The number of thioether (sulfide) groups is 1. The molecule has 1 aromatic carbocycles. The molecule has 0 spiro atoms. The minimum atomic E-state index is -0.491. The van der Waals surface area contributed by atoms with Gasteiger partial charge in [0.25, 0.3) is 5.91 Å². The van der Waals surface area contributed by atoms with Crippen LogP contribution >= 0.6 is 24.0 Å². The molecular weight excluding hydrogens is 258 g/mol. The lowest BCUT2D eigenvalue weighted by Gasteiger charge is -2.16. The summed E-state index contributed by atoms with van der Waals surface area (Å²) in [5.41, 5.74) is 3.05. The fourth-order valence-corrected chi connectivity index (χ4v) is 2.22. The van der Waals surface area contributed by atoms with Crippen LogP contribution in [0.3, 0.4) is 0 Å². The van der Waals surface area contributed by atoms with Crippen LogP contribution in [0.1, 0.15) is 0 Å². The number of hydrazine groups is 1. The van der Waals surface area contributed by atoms with Crippen LogP contribution in [0.4, 0.5) is 10.5 Å². The average molecular weight is 267 g/mol. The molecule has 7 heteroatoms. The highest BCUT2D eigenvalue weighted by Gasteiger charge is 2.28. The van der Waals surface area contributed by atoms with Gasteiger partial charge in [0.15, 0.2) is 4.32 Å². The maximum absolute atomic E-state index is 11.6. The molecule has 0 aromatic heterocycles. The van der Waals surface area contributed by atoms with Crippen molar-refractivity contribution in [3.8, 4) is 0 Å². The SMILES string of the molecule is O=C(Nc1ccccc1)NN1C(=O)CSC1=S. The van der Waals surface area contributed by atoms with Gasteiger partial charge in [0.2, 0.25) is 0 Å². The second-order valence-electron chi connectivity index (χ2n) is 3.22. The van der Waals surface area contributed by atoms with E-state index in [1.54, 1.807) is 24.3 Å². The zero-order valence-corrected chi connectivity index (χ0v) is 10.3. The van der Waals surface area contributed by atoms with Crippen molar-refractivity contribution in [2.24, 2.45) is 0 Å². The number of thiocarbonyl (C=S) groups is 1. The third kappa shape index (κ3) is 2.95. The molecule has 0 atom stereocenters. The number of carbonyl (C=O) groups excluding carboxylic acids is 2. The van der Waals surface area contributed by atoms with Gasteiger partial charge >= 0.3 is 6.03 Å². The van der Waals surface area contributed by atoms with Crippen LogP contribution in [0.15, 0.2) is 30.3 Å². The summed E-state index contributed by atoms with van der Waals surface area (Å²) in [7, 11) is 0. The molecule has 1 aromatic rings. The molecule has 0 unspecified atom stereocenters. The smallest absolute Gasteiger partial charge is 0.307 e. The largest absolute Gasteiger partial charge is 0.338 e. The number of rotatable bonds is 2. The predicted octanol–water partition coefficient (Wildman–Crippen LogP) is 1.58. The Labute approximate surface area is 108 Å². The van der Waals surface area contributed by atoms with Crippen molar-refractivity contribution in [2.45, 2.75) is 0 Å². The van der Waals surface area contributed by atoms with E-state index in [0.29, 0.717) is 10.0 Å². The number of nitrogens with zero attached hydrogens (tertiary/aromatic N) is 1. The summed E-state index contributed by atoms with van der Waals surface area (Å²) in [5, 5.41) is 3.68. The summed E-state index contributed by atoms with van der Waals surface area (Å²) < 4.78 is 0.359. The van der Waals surface area contributed by atoms with Gasteiger partial charge in [0.05, 0.1) is 5.75 Å². The normalized spacial score (nSPS) is 14.9. The van der Waals surface area contributed by atoms with Gasteiger partial charge in [0, 0.05) is 5.69 Å². The van der Waals surface area contributed by atoms with Crippen molar-refractivity contribution in [2.75, 3.05) is 11.1 Å². The Morgan fingerprint density at radius 1 is 1.35 bits per heavy atom. The highest BCUT2D eigenvalue weighted by atomic mass is 32.2. The van der Waals surface area contributed by atoms with Crippen molar-refractivity contribution < 1.29 is 9.59 Å². The number of urea groups is 1. The molecule has 1 fully saturated rings.